The van der Waals surface area contributed by atoms with Crippen LogP contribution in [0.25, 0.3) is 0 Å². The Hall–Kier alpha value is -0.0500. The normalized spacial score (nSPS) is 20.4. The van der Waals surface area contributed by atoms with Crippen LogP contribution in [0.1, 0.15) is 0 Å². The predicted octanol–water partition coefficient (Wildman–Crippen LogP) is 2.47. The summed E-state index contributed by atoms with van der Waals surface area (Å²) >= 11 is 11.3. The Bertz CT molecular complexity index is 335. The lowest BCUT2D eigenvalue weighted by molar-refractivity contribution is 0.693. The van der Waals surface area contributed by atoms with Crippen LogP contribution in [0.5, 0.6) is 0 Å². The first kappa shape index (κ1) is 6.65. The molecule has 1 nitrogen and oxygen atoms in total. The average molecular weight is 193 g/mol. The molecule has 0 spiro atoms. The molecule has 1 aromatic rings. The van der Waals surface area contributed by atoms with Crippen LogP contribution in [0.2, 0.25) is 10.0 Å². The molecule has 0 saturated carbocycles. The molecule has 1 atom stereocenters. The zero-order valence-electron chi connectivity index (χ0n) is 4.73. The summed E-state index contributed by atoms with van der Waals surface area (Å²) in [5.41, 5.74) is 0. The van der Waals surface area contributed by atoms with Crippen LogP contribution >= 0.6 is 23.2 Å². The molecule has 0 amide bonds. The van der Waals surface area contributed by atoms with Gasteiger partial charge in [-0.25, -0.2) is 4.21 Å². The largest absolute Gasteiger partial charge is 0.249 e. The third-order valence-corrected chi connectivity index (χ3v) is 3.60. The van der Waals surface area contributed by atoms with Gasteiger partial charge in [0.05, 0.1) is 30.6 Å². The van der Waals surface area contributed by atoms with Gasteiger partial charge in [-0.05, 0) is 12.1 Å². The lowest BCUT2D eigenvalue weighted by atomic mass is 10.4. The zero-order valence-corrected chi connectivity index (χ0v) is 7.06. The van der Waals surface area contributed by atoms with E-state index in [-0.39, 0.29) is 0 Å². The minimum atomic E-state index is -0.953. The molecule has 0 aliphatic carbocycles. The average Bonchev–Trinajstić information content (AvgIpc) is 2.54. The van der Waals surface area contributed by atoms with E-state index >= 15 is 0 Å². The van der Waals surface area contributed by atoms with E-state index < -0.39 is 10.8 Å². The molecule has 0 aromatic heterocycles. The Labute approximate surface area is 70.4 Å². The van der Waals surface area contributed by atoms with E-state index in [2.05, 4.69) is 0 Å². The van der Waals surface area contributed by atoms with Crippen molar-refractivity contribution >= 4 is 34.0 Å². The summed E-state index contributed by atoms with van der Waals surface area (Å²) in [5.74, 6) is 0. The van der Waals surface area contributed by atoms with Crippen molar-refractivity contribution in [3.63, 3.8) is 0 Å². The number of hydrogen-bond donors (Lipinski definition) is 0. The van der Waals surface area contributed by atoms with Gasteiger partial charge in [-0.15, -0.1) is 0 Å². The van der Waals surface area contributed by atoms with Crippen molar-refractivity contribution in [2.45, 2.75) is 9.79 Å². The summed E-state index contributed by atoms with van der Waals surface area (Å²) < 4.78 is 10.9. The molecule has 0 bridgehead atoms. The number of fused-ring (bicyclic) bond motifs is 1. The van der Waals surface area contributed by atoms with Crippen molar-refractivity contribution in [3.8, 4) is 0 Å². The Balaban J connectivity index is 2.74. The van der Waals surface area contributed by atoms with Crippen molar-refractivity contribution in [3.05, 3.63) is 22.2 Å². The third-order valence-electron chi connectivity index (χ3n) is 1.36. The standard InChI is InChI=1S/C6H2Cl2OS/c7-3-1-2-4-6(5(3)8)10(4)9/h1-2H. The van der Waals surface area contributed by atoms with Crippen LogP contribution in [-0.2, 0) is 10.8 Å². The Morgan fingerprint density at radius 3 is 2.60 bits per heavy atom. The molecule has 0 radical (unpaired) electrons. The fourth-order valence-corrected chi connectivity index (χ4v) is 2.48. The third kappa shape index (κ3) is 0.729. The van der Waals surface area contributed by atoms with Gasteiger partial charge in [-0.3, -0.25) is 0 Å². The van der Waals surface area contributed by atoms with Crippen LogP contribution < -0.4 is 0 Å². The van der Waals surface area contributed by atoms with E-state index in [1.165, 1.54) is 0 Å². The van der Waals surface area contributed by atoms with Gasteiger partial charge in [0.15, 0.2) is 0 Å². The topological polar surface area (TPSA) is 17.1 Å². The van der Waals surface area contributed by atoms with E-state index in [1.807, 2.05) is 0 Å². The second kappa shape index (κ2) is 1.97. The first-order chi connectivity index (χ1) is 4.72. The fraction of sp³-hybridized carbons (Fsp3) is 0. The summed E-state index contributed by atoms with van der Waals surface area (Å²) in [4.78, 5) is 1.52. The van der Waals surface area contributed by atoms with Crippen molar-refractivity contribution in [1.82, 2.24) is 0 Å². The SMILES string of the molecule is O=S1c2ccc(Cl)c(Cl)c21. The molecule has 0 saturated heterocycles. The molecular weight excluding hydrogens is 191 g/mol. The summed E-state index contributed by atoms with van der Waals surface area (Å²) in [6.07, 6.45) is 0. The molecule has 2 rings (SSSR count). The molecule has 4 heteroatoms. The summed E-state index contributed by atoms with van der Waals surface area (Å²) in [7, 11) is -0.953. The maximum absolute atomic E-state index is 10.9. The van der Waals surface area contributed by atoms with Gasteiger partial charge in [0.25, 0.3) is 0 Å². The minimum absolute atomic E-state index is 0.442. The number of hydrogen-bond acceptors (Lipinski definition) is 1. The Morgan fingerprint density at radius 2 is 2.00 bits per heavy atom. The van der Waals surface area contributed by atoms with Crippen molar-refractivity contribution in [2.24, 2.45) is 0 Å². The molecule has 1 aromatic carbocycles. The van der Waals surface area contributed by atoms with E-state index in [0.717, 1.165) is 4.90 Å². The van der Waals surface area contributed by atoms with Crippen LogP contribution in [0, 0.1) is 0 Å². The van der Waals surface area contributed by atoms with Crippen LogP contribution in [0.3, 0.4) is 0 Å². The van der Waals surface area contributed by atoms with E-state index in [9.17, 15) is 4.21 Å². The highest BCUT2D eigenvalue weighted by molar-refractivity contribution is 7.91. The Morgan fingerprint density at radius 1 is 1.30 bits per heavy atom. The molecule has 1 aliphatic heterocycles. The molecule has 0 fully saturated rings. The lowest BCUT2D eigenvalue weighted by Gasteiger charge is -1.86. The number of rotatable bonds is 0. The summed E-state index contributed by atoms with van der Waals surface area (Å²) in [5, 5.41) is 0.920. The first-order valence-electron chi connectivity index (χ1n) is 2.61. The first-order valence-corrected chi connectivity index (χ1v) is 4.52. The highest BCUT2D eigenvalue weighted by atomic mass is 35.5. The number of halogens is 2. The molecule has 10 heavy (non-hydrogen) atoms. The van der Waals surface area contributed by atoms with Crippen molar-refractivity contribution in [1.29, 1.82) is 0 Å². The molecule has 1 heterocycles. The molecule has 1 aliphatic rings. The van der Waals surface area contributed by atoms with E-state index in [1.54, 1.807) is 12.1 Å². The van der Waals surface area contributed by atoms with E-state index in [4.69, 9.17) is 23.2 Å². The number of benzene rings is 1. The van der Waals surface area contributed by atoms with Gasteiger partial charge >= 0.3 is 0 Å². The van der Waals surface area contributed by atoms with Gasteiger partial charge < -0.3 is 0 Å². The van der Waals surface area contributed by atoms with Gasteiger partial charge in [-0.2, -0.15) is 0 Å². The molecular formula is C6H2Cl2OS. The lowest BCUT2D eigenvalue weighted by Crippen LogP contribution is -1.62. The van der Waals surface area contributed by atoms with Crippen molar-refractivity contribution < 1.29 is 4.21 Å². The Kier molecular flexibility index (Phi) is 1.31. The minimum Gasteiger partial charge on any atom is -0.249 e. The smallest absolute Gasteiger partial charge is 0.0891 e. The summed E-state index contributed by atoms with van der Waals surface area (Å²) in [6, 6.07) is 3.40. The molecule has 52 valence electrons. The highest BCUT2D eigenvalue weighted by Gasteiger charge is 2.32. The van der Waals surface area contributed by atoms with Crippen LogP contribution in [0.4, 0.5) is 0 Å². The van der Waals surface area contributed by atoms with Gasteiger partial charge in [0.2, 0.25) is 0 Å². The monoisotopic (exact) mass is 192 g/mol. The van der Waals surface area contributed by atoms with Crippen LogP contribution in [0.15, 0.2) is 21.9 Å². The molecule has 1 unspecified atom stereocenters. The summed E-state index contributed by atoms with van der Waals surface area (Å²) in [6.45, 7) is 0. The maximum atomic E-state index is 10.9. The quantitative estimate of drug-likeness (QED) is 0.587. The van der Waals surface area contributed by atoms with Gasteiger partial charge in [-0.1, -0.05) is 23.2 Å². The second-order valence-corrected chi connectivity index (χ2v) is 4.13. The maximum Gasteiger partial charge on any atom is 0.0891 e. The van der Waals surface area contributed by atoms with Crippen molar-refractivity contribution in [2.75, 3.05) is 0 Å². The van der Waals surface area contributed by atoms with E-state index in [0.29, 0.717) is 14.9 Å². The molecule has 0 N–H and O–H groups in total. The predicted molar refractivity (Wildman–Crippen MR) is 41.1 cm³/mol. The zero-order chi connectivity index (χ0) is 7.30. The highest BCUT2D eigenvalue weighted by Crippen LogP contribution is 2.44. The van der Waals surface area contributed by atoms with Gasteiger partial charge in [0, 0.05) is 0 Å². The fourth-order valence-electron chi connectivity index (χ4n) is 0.804. The van der Waals surface area contributed by atoms with Gasteiger partial charge in [0.1, 0.15) is 0 Å². The second-order valence-electron chi connectivity index (χ2n) is 1.96. The van der Waals surface area contributed by atoms with Crippen LogP contribution in [-0.4, -0.2) is 4.21 Å².